The number of hydrogen-bond acceptors (Lipinski definition) is 2. The van der Waals surface area contributed by atoms with Gasteiger partial charge in [0.25, 0.3) is 0 Å². The second-order valence-corrected chi connectivity index (χ2v) is 6.35. The summed E-state index contributed by atoms with van der Waals surface area (Å²) in [6.07, 6.45) is 0.363. The Labute approximate surface area is 136 Å². The van der Waals surface area contributed by atoms with E-state index in [1.807, 2.05) is 24.3 Å². The summed E-state index contributed by atoms with van der Waals surface area (Å²) in [4.78, 5) is 0. The van der Waals surface area contributed by atoms with Gasteiger partial charge in [0.2, 0.25) is 0 Å². The molecule has 0 aromatic heterocycles. The third-order valence-electron chi connectivity index (χ3n) is 3.59. The van der Waals surface area contributed by atoms with Crippen LogP contribution in [0.15, 0.2) is 46.9 Å². The Kier molecular flexibility index (Phi) is 5.38. The third-order valence-corrected chi connectivity index (χ3v) is 4.41. The molecule has 0 saturated heterocycles. The average molecular weight is 374 g/mol. The molecule has 0 amide bonds. The van der Waals surface area contributed by atoms with E-state index in [0.717, 1.165) is 15.6 Å². The van der Waals surface area contributed by atoms with Crippen molar-refractivity contribution >= 4 is 27.5 Å². The Hall–Kier alpha value is -0.940. The lowest BCUT2D eigenvalue weighted by Gasteiger charge is -2.30. The molecule has 0 heterocycles. The fourth-order valence-electron chi connectivity index (χ4n) is 2.29. The van der Waals surface area contributed by atoms with Gasteiger partial charge >= 0.3 is 0 Å². The van der Waals surface area contributed by atoms with Crippen molar-refractivity contribution < 1.29 is 14.6 Å². The Bertz CT molecular complexity index is 612. The molecule has 0 radical (unpaired) electrons. The summed E-state index contributed by atoms with van der Waals surface area (Å²) >= 11 is 9.15. The van der Waals surface area contributed by atoms with E-state index in [1.165, 1.54) is 12.1 Å². The van der Waals surface area contributed by atoms with Crippen LogP contribution in [0.2, 0.25) is 5.02 Å². The SMILES string of the molecule is OCC(CO)(Cc1ccc(F)c(Cl)c1)c1ccc(Br)cc1. The van der Waals surface area contributed by atoms with Crippen molar-refractivity contribution in [2.24, 2.45) is 0 Å². The van der Waals surface area contributed by atoms with Gasteiger partial charge in [0.15, 0.2) is 0 Å². The first kappa shape index (κ1) is 16.4. The predicted molar refractivity (Wildman–Crippen MR) is 85.1 cm³/mol. The summed E-state index contributed by atoms with van der Waals surface area (Å²) in [5.41, 5.74) is 0.741. The van der Waals surface area contributed by atoms with E-state index in [2.05, 4.69) is 15.9 Å². The molecular weight excluding hydrogens is 359 g/mol. The summed E-state index contributed by atoms with van der Waals surface area (Å²) in [7, 11) is 0. The Morgan fingerprint density at radius 1 is 1.05 bits per heavy atom. The van der Waals surface area contributed by atoms with Crippen LogP contribution in [0, 0.1) is 5.82 Å². The third kappa shape index (κ3) is 3.64. The molecule has 2 N–H and O–H groups in total. The molecule has 0 spiro atoms. The minimum absolute atomic E-state index is 0.0353. The van der Waals surface area contributed by atoms with Crippen molar-refractivity contribution in [1.29, 1.82) is 0 Å². The zero-order valence-electron chi connectivity index (χ0n) is 11.2. The fourth-order valence-corrected chi connectivity index (χ4v) is 2.76. The van der Waals surface area contributed by atoms with Gasteiger partial charge in [-0.2, -0.15) is 0 Å². The van der Waals surface area contributed by atoms with Gasteiger partial charge in [0, 0.05) is 9.89 Å². The van der Waals surface area contributed by atoms with Crippen LogP contribution in [0.4, 0.5) is 4.39 Å². The first-order valence-electron chi connectivity index (χ1n) is 6.42. The Morgan fingerprint density at radius 2 is 1.67 bits per heavy atom. The molecule has 0 aliphatic rings. The molecule has 2 aromatic rings. The molecule has 0 fully saturated rings. The molecule has 0 bridgehead atoms. The van der Waals surface area contributed by atoms with Gasteiger partial charge in [-0.15, -0.1) is 0 Å². The second kappa shape index (κ2) is 6.88. The minimum Gasteiger partial charge on any atom is -0.395 e. The molecule has 5 heteroatoms. The van der Waals surface area contributed by atoms with Crippen LogP contribution in [-0.2, 0) is 11.8 Å². The summed E-state index contributed by atoms with van der Waals surface area (Å²) in [5.74, 6) is -0.484. The minimum atomic E-state index is -0.831. The number of halogens is 3. The smallest absolute Gasteiger partial charge is 0.141 e. The summed E-state index contributed by atoms with van der Waals surface area (Å²) < 4.78 is 14.1. The van der Waals surface area contributed by atoms with Crippen LogP contribution in [0.3, 0.4) is 0 Å². The van der Waals surface area contributed by atoms with Crippen molar-refractivity contribution in [2.45, 2.75) is 11.8 Å². The Balaban J connectivity index is 2.37. The van der Waals surface area contributed by atoms with Crippen LogP contribution in [0.1, 0.15) is 11.1 Å². The largest absolute Gasteiger partial charge is 0.395 e. The van der Waals surface area contributed by atoms with Gasteiger partial charge in [-0.3, -0.25) is 0 Å². The van der Waals surface area contributed by atoms with Gasteiger partial charge in [-0.1, -0.05) is 45.7 Å². The molecule has 0 unspecified atom stereocenters. The quantitative estimate of drug-likeness (QED) is 0.839. The van der Waals surface area contributed by atoms with E-state index in [4.69, 9.17) is 11.6 Å². The normalized spacial score (nSPS) is 11.7. The fraction of sp³-hybridized carbons (Fsp3) is 0.250. The van der Waals surface area contributed by atoms with E-state index < -0.39 is 11.2 Å². The number of rotatable bonds is 5. The zero-order chi connectivity index (χ0) is 15.5. The van der Waals surface area contributed by atoms with Crippen molar-refractivity contribution in [3.63, 3.8) is 0 Å². The molecule has 2 rings (SSSR count). The number of benzene rings is 2. The van der Waals surface area contributed by atoms with E-state index in [1.54, 1.807) is 6.07 Å². The van der Waals surface area contributed by atoms with E-state index in [-0.39, 0.29) is 18.2 Å². The predicted octanol–water partition coefficient (Wildman–Crippen LogP) is 3.71. The highest BCUT2D eigenvalue weighted by atomic mass is 79.9. The number of aliphatic hydroxyl groups excluding tert-OH is 2. The van der Waals surface area contributed by atoms with Crippen molar-refractivity contribution in [1.82, 2.24) is 0 Å². The number of aliphatic hydroxyl groups is 2. The molecule has 0 atom stereocenters. The van der Waals surface area contributed by atoms with Crippen LogP contribution < -0.4 is 0 Å². The standard InChI is InChI=1S/C16H15BrClFO2/c17-13-4-2-12(3-5-13)16(9-20,10-21)8-11-1-6-15(19)14(18)7-11/h1-7,20-21H,8-10H2. The lowest BCUT2D eigenvalue weighted by molar-refractivity contribution is 0.116. The Morgan fingerprint density at radius 3 is 2.19 bits per heavy atom. The highest BCUT2D eigenvalue weighted by Crippen LogP contribution is 2.30. The maximum Gasteiger partial charge on any atom is 0.141 e. The molecule has 0 aliphatic carbocycles. The molecular formula is C16H15BrClFO2. The van der Waals surface area contributed by atoms with Gasteiger partial charge in [-0.05, 0) is 41.8 Å². The summed E-state index contributed by atoms with van der Waals surface area (Å²) in [6, 6.07) is 11.8. The van der Waals surface area contributed by atoms with Gasteiger partial charge in [0.05, 0.1) is 18.2 Å². The molecule has 2 nitrogen and oxygen atoms in total. The lowest BCUT2D eigenvalue weighted by atomic mass is 9.77. The van der Waals surface area contributed by atoms with E-state index in [0.29, 0.717) is 6.42 Å². The second-order valence-electron chi connectivity index (χ2n) is 5.03. The van der Waals surface area contributed by atoms with Crippen LogP contribution in [0.25, 0.3) is 0 Å². The molecule has 112 valence electrons. The summed E-state index contributed by atoms with van der Waals surface area (Å²) in [5, 5.41) is 19.6. The highest BCUT2D eigenvalue weighted by Gasteiger charge is 2.31. The number of hydrogen-bond donors (Lipinski definition) is 2. The average Bonchev–Trinajstić information content (AvgIpc) is 2.49. The maximum atomic E-state index is 13.2. The molecule has 21 heavy (non-hydrogen) atoms. The van der Waals surface area contributed by atoms with Crippen molar-refractivity contribution in [3.8, 4) is 0 Å². The van der Waals surface area contributed by atoms with Gasteiger partial charge in [-0.25, -0.2) is 4.39 Å². The monoisotopic (exact) mass is 372 g/mol. The molecule has 0 aliphatic heterocycles. The first-order chi connectivity index (χ1) is 10.0. The zero-order valence-corrected chi connectivity index (χ0v) is 13.5. The van der Waals surface area contributed by atoms with Crippen LogP contribution >= 0.6 is 27.5 Å². The van der Waals surface area contributed by atoms with Gasteiger partial charge < -0.3 is 10.2 Å². The molecule has 0 saturated carbocycles. The van der Waals surface area contributed by atoms with Crippen molar-refractivity contribution in [3.05, 3.63) is 68.9 Å². The molecule has 2 aromatic carbocycles. The van der Waals surface area contributed by atoms with Crippen LogP contribution in [-0.4, -0.2) is 23.4 Å². The van der Waals surface area contributed by atoms with Gasteiger partial charge in [0.1, 0.15) is 5.82 Å². The highest BCUT2D eigenvalue weighted by molar-refractivity contribution is 9.10. The van der Waals surface area contributed by atoms with Crippen LogP contribution in [0.5, 0.6) is 0 Å². The van der Waals surface area contributed by atoms with E-state index >= 15 is 0 Å². The topological polar surface area (TPSA) is 40.5 Å². The van der Waals surface area contributed by atoms with E-state index in [9.17, 15) is 14.6 Å². The lowest BCUT2D eigenvalue weighted by Crippen LogP contribution is -2.37. The summed E-state index contributed by atoms with van der Waals surface area (Å²) in [6.45, 7) is -0.444. The van der Waals surface area contributed by atoms with Crippen molar-refractivity contribution in [2.75, 3.05) is 13.2 Å². The first-order valence-corrected chi connectivity index (χ1v) is 7.59. The maximum absolute atomic E-state index is 13.2.